The molecular weight excluding hydrogens is 320 g/mol. The maximum absolute atomic E-state index is 11.9. The molecule has 0 aliphatic heterocycles. The second-order valence-corrected chi connectivity index (χ2v) is 6.77. The standard InChI is InChI=1S/C19H38N2O4/c1-4-6-7-8-9-10-11-12-13-14-18(23)20-15-17(5-2)21(16(3)22)19(24)25/h16-17,22H,4-15H2,1-3H3,(H,20,23)(H,24,25). The number of unbranched alkanes of at least 4 members (excludes halogenated alkanes) is 8. The Morgan fingerprint density at radius 1 is 0.960 bits per heavy atom. The van der Waals surface area contributed by atoms with E-state index in [0.29, 0.717) is 12.8 Å². The fourth-order valence-corrected chi connectivity index (χ4v) is 2.98. The molecule has 6 nitrogen and oxygen atoms in total. The van der Waals surface area contributed by atoms with E-state index in [2.05, 4.69) is 12.2 Å². The molecule has 0 aromatic heterocycles. The van der Waals surface area contributed by atoms with Crippen LogP contribution in [0, 0.1) is 0 Å². The van der Waals surface area contributed by atoms with Crippen molar-refractivity contribution >= 4 is 12.0 Å². The van der Waals surface area contributed by atoms with E-state index in [1.54, 1.807) is 0 Å². The summed E-state index contributed by atoms with van der Waals surface area (Å²) in [5, 5.41) is 21.5. The molecule has 0 aliphatic carbocycles. The van der Waals surface area contributed by atoms with Gasteiger partial charge in [0, 0.05) is 13.0 Å². The molecule has 3 N–H and O–H groups in total. The van der Waals surface area contributed by atoms with E-state index in [1.807, 2.05) is 6.92 Å². The molecule has 0 saturated heterocycles. The summed E-state index contributed by atoms with van der Waals surface area (Å²) in [5.41, 5.74) is 0. The van der Waals surface area contributed by atoms with Crippen LogP contribution < -0.4 is 5.32 Å². The molecule has 0 aromatic rings. The Balaban J connectivity index is 3.82. The minimum absolute atomic E-state index is 0.0441. The molecule has 0 radical (unpaired) electrons. The number of nitrogens with zero attached hydrogens (tertiary/aromatic N) is 1. The highest BCUT2D eigenvalue weighted by atomic mass is 16.4. The summed E-state index contributed by atoms with van der Waals surface area (Å²) >= 11 is 0. The van der Waals surface area contributed by atoms with Gasteiger partial charge in [-0.05, 0) is 19.8 Å². The highest BCUT2D eigenvalue weighted by Crippen LogP contribution is 2.11. The predicted octanol–water partition coefficient (Wildman–Crippen LogP) is 4.12. The first kappa shape index (κ1) is 23.7. The fourth-order valence-electron chi connectivity index (χ4n) is 2.98. The van der Waals surface area contributed by atoms with Crippen LogP contribution in [0.2, 0.25) is 0 Å². The van der Waals surface area contributed by atoms with Crippen molar-refractivity contribution in [1.82, 2.24) is 10.2 Å². The van der Waals surface area contributed by atoms with Gasteiger partial charge in [0.25, 0.3) is 0 Å². The van der Waals surface area contributed by atoms with Gasteiger partial charge in [0.1, 0.15) is 6.23 Å². The van der Waals surface area contributed by atoms with Crippen LogP contribution in [0.3, 0.4) is 0 Å². The number of rotatable bonds is 15. The number of hydrogen-bond donors (Lipinski definition) is 3. The van der Waals surface area contributed by atoms with Gasteiger partial charge >= 0.3 is 6.09 Å². The molecule has 0 heterocycles. The summed E-state index contributed by atoms with van der Waals surface area (Å²) in [6.45, 7) is 5.72. The van der Waals surface area contributed by atoms with Crippen LogP contribution in [0.5, 0.6) is 0 Å². The summed E-state index contributed by atoms with van der Waals surface area (Å²) in [6, 6.07) is -0.412. The van der Waals surface area contributed by atoms with Gasteiger partial charge in [-0.3, -0.25) is 9.69 Å². The largest absolute Gasteiger partial charge is 0.465 e. The summed E-state index contributed by atoms with van der Waals surface area (Å²) < 4.78 is 0. The van der Waals surface area contributed by atoms with Crippen molar-refractivity contribution in [2.24, 2.45) is 0 Å². The molecule has 0 fully saturated rings. The van der Waals surface area contributed by atoms with E-state index < -0.39 is 18.4 Å². The second kappa shape index (κ2) is 15.0. The van der Waals surface area contributed by atoms with E-state index in [9.17, 15) is 14.7 Å². The number of nitrogens with one attached hydrogen (secondary N) is 1. The highest BCUT2D eigenvalue weighted by molar-refractivity contribution is 5.76. The monoisotopic (exact) mass is 358 g/mol. The molecule has 0 aliphatic rings. The highest BCUT2D eigenvalue weighted by Gasteiger charge is 2.25. The topological polar surface area (TPSA) is 89.9 Å². The lowest BCUT2D eigenvalue weighted by atomic mass is 10.1. The molecular formula is C19H38N2O4. The van der Waals surface area contributed by atoms with E-state index in [4.69, 9.17) is 5.11 Å². The second-order valence-electron chi connectivity index (χ2n) is 6.77. The van der Waals surface area contributed by atoms with Gasteiger partial charge < -0.3 is 15.5 Å². The third kappa shape index (κ3) is 11.8. The van der Waals surface area contributed by atoms with Gasteiger partial charge in [-0.1, -0.05) is 65.2 Å². The molecule has 0 aromatic carbocycles. The third-order valence-electron chi connectivity index (χ3n) is 4.53. The smallest absolute Gasteiger partial charge is 0.409 e. The first-order valence-electron chi connectivity index (χ1n) is 9.90. The summed E-state index contributed by atoms with van der Waals surface area (Å²) in [6.07, 6.45) is 9.64. The Hall–Kier alpha value is -1.30. The normalized spacial score (nSPS) is 13.3. The SMILES string of the molecule is CCCCCCCCCCCC(=O)NCC(CC)N(C(=O)O)C(C)O. The van der Waals surface area contributed by atoms with Gasteiger partial charge in [-0.15, -0.1) is 0 Å². The molecule has 0 rings (SSSR count). The molecule has 0 spiro atoms. The van der Waals surface area contributed by atoms with E-state index >= 15 is 0 Å². The molecule has 2 atom stereocenters. The van der Waals surface area contributed by atoms with Crippen LogP contribution in [0.15, 0.2) is 0 Å². The van der Waals surface area contributed by atoms with Crippen molar-refractivity contribution in [2.75, 3.05) is 6.54 Å². The van der Waals surface area contributed by atoms with Crippen LogP contribution in [0.4, 0.5) is 4.79 Å². The van der Waals surface area contributed by atoms with Crippen LogP contribution >= 0.6 is 0 Å². The Morgan fingerprint density at radius 3 is 1.92 bits per heavy atom. The van der Waals surface area contributed by atoms with Crippen LogP contribution in [-0.4, -0.2) is 45.9 Å². The summed E-state index contributed by atoms with van der Waals surface area (Å²) in [7, 11) is 0. The lowest BCUT2D eigenvalue weighted by Crippen LogP contribution is -2.50. The predicted molar refractivity (Wildman–Crippen MR) is 100 cm³/mol. The zero-order valence-electron chi connectivity index (χ0n) is 16.3. The maximum atomic E-state index is 11.9. The lowest BCUT2D eigenvalue weighted by molar-refractivity contribution is -0.121. The Kier molecular flexibility index (Phi) is 14.2. The molecule has 6 heteroatoms. The molecule has 0 bridgehead atoms. The van der Waals surface area contributed by atoms with E-state index in [0.717, 1.165) is 17.7 Å². The zero-order valence-corrected chi connectivity index (χ0v) is 16.3. The van der Waals surface area contributed by atoms with Crippen molar-refractivity contribution in [3.05, 3.63) is 0 Å². The quantitative estimate of drug-likeness (QED) is 0.303. The number of carbonyl (C=O) groups is 2. The molecule has 0 saturated carbocycles. The average Bonchev–Trinajstić information content (AvgIpc) is 2.56. The maximum Gasteiger partial charge on any atom is 0.409 e. The Bertz CT molecular complexity index is 361. The zero-order chi connectivity index (χ0) is 19.1. The van der Waals surface area contributed by atoms with E-state index in [1.165, 1.54) is 51.9 Å². The van der Waals surface area contributed by atoms with Gasteiger partial charge in [-0.25, -0.2) is 4.79 Å². The summed E-state index contributed by atoms with van der Waals surface area (Å²) in [5.74, 6) is -0.0441. The van der Waals surface area contributed by atoms with Crippen molar-refractivity contribution in [1.29, 1.82) is 0 Å². The van der Waals surface area contributed by atoms with Crippen LogP contribution in [-0.2, 0) is 4.79 Å². The Labute approximate surface area is 153 Å². The van der Waals surface area contributed by atoms with Gasteiger partial charge in [0.05, 0.1) is 6.04 Å². The summed E-state index contributed by atoms with van der Waals surface area (Å²) in [4.78, 5) is 24.1. The minimum atomic E-state index is -1.17. The van der Waals surface area contributed by atoms with Crippen molar-refractivity contribution in [3.8, 4) is 0 Å². The first-order chi connectivity index (χ1) is 11.9. The number of amides is 2. The number of carboxylic acid groups (broad SMARTS) is 1. The third-order valence-corrected chi connectivity index (χ3v) is 4.53. The van der Waals surface area contributed by atoms with Crippen LogP contribution in [0.25, 0.3) is 0 Å². The van der Waals surface area contributed by atoms with E-state index in [-0.39, 0.29) is 12.5 Å². The number of aliphatic hydroxyl groups excluding tert-OH is 1. The average molecular weight is 359 g/mol. The lowest BCUT2D eigenvalue weighted by Gasteiger charge is -2.31. The molecule has 25 heavy (non-hydrogen) atoms. The minimum Gasteiger partial charge on any atom is -0.465 e. The van der Waals surface area contributed by atoms with Gasteiger partial charge in [0.15, 0.2) is 0 Å². The first-order valence-corrected chi connectivity index (χ1v) is 9.90. The Morgan fingerprint density at radius 2 is 1.48 bits per heavy atom. The molecule has 2 amide bonds. The number of carbonyl (C=O) groups excluding carboxylic acids is 1. The van der Waals surface area contributed by atoms with Crippen molar-refractivity contribution < 1.29 is 19.8 Å². The van der Waals surface area contributed by atoms with Crippen molar-refractivity contribution in [3.63, 3.8) is 0 Å². The number of aliphatic hydroxyl groups is 1. The van der Waals surface area contributed by atoms with Gasteiger partial charge in [-0.2, -0.15) is 0 Å². The van der Waals surface area contributed by atoms with Crippen LogP contribution in [0.1, 0.15) is 91.4 Å². The number of hydrogen-bond acceptors (Lipinski definition) is 3. The van der Waals surface area contributed by atoms with Crippen molar-refractivity contribution in [2.45, 2.75) is 104 Å². The molecule has 2 unspecified atom stereocenters. The van der Waals surface area contributed by atoms with Gasteiger partial charge in [0.2, 0.25) is 5.91 Å². The fraction of sp³-hybridized carbons (Fsp3) is 0.895. The molecule has 148 valence electrons.